The Morgan fingerprint density at radius 2 is 1.86 bits per heavy atom. The van der Waals surface area contributed by atoms with Crippen molar-refractivity contribution in [1.29, 1.82) is 0 Å². The highest BCUT2D eigenvalue weighted by atomic mass is 19.4. The first-order valence-corrected chi connectivity index (χ1v) is 6.28. The zero-order chi connectivity index (χ0) is 15.6. The van der Waals surface area contributed by atoms with Crippen molar-refractivity contribution in [2.24, 2.45) is 0 Å². The Bertz CT molecular complexity index is 663. The van der Waals surface area contributed by atoms with E-state index in [9.17, 15) is 13.2 Å². The summed E-state index contributed by atoms with van der Waals surface area (Å²) >= 11 is 0. The largest absolute Gasteiger partial charge is 0.451 e. The molecule has 1 N–H and O–H groups in total. The molecule has 0 amide bonds. The van der Waals surface area contributed by atoms with Gasteiger partial charge < -0.3 is 9.88 Å². The van der Waals surface area contributed by atoms with Crippen LogP contribution in [0.5, 0.6) is 0 Å². The lowest BCUT2D eigenvalue weighted by molar-refractivity contribution is -0.144. The number of rotatable bonds is 5. The second-order valence-corrected chi connectivity index (χ2v) is 4.57. The molecule has 0 aliphatic rings. The standard InChI is InChI=1S/C14H15F3N4/c1-4-6-21(7-5-2)12-10-8-9(3)18-11(10)19-13(20-12)14(15,16)17/h4-5,8H,1-2,6-7H2,3H3,(H,18,19,20). The first-order chi connectivity index (χ1) is 9.86. The van der Waals surface area contributed by atoms with Crippen LogP contribution in [0.2, 0.25) is 0 Å². The van der Waals surface area contributed by atoms with Gasteiger partial charge in [-0.05, 0) is 13.0 Å². The molecule has 0 aromatic carbocycles. The smallest absolute Gasteiger partial charge is 0.349 e. The van der Waals surface area contributed by atoms with Crippen LogP contribution >= 0.6 is 0 Å². The Morgan fingerprint density at radius 3 is 2.38 bits per heavy atom. The molecule has 0 aliphatic heterocycles. The van der Waals surface area contributed by atoms with Crippen LogP contribution in [0.25, 0.3) is 11.0 Å². The third-order valence-electron chi connectivity index (χ3n) is 2.85. The number of aromatic amines is 1. The van der Waals surface area contributed by atoms with E-state index in [-0.39, 0.29) is 11.5 Å². The molecule has 0 fully saturated rings. The molecule has 0 radical (unpaired) electrons. The van der Waals surface area contributed by atoms with E-state index in [1.165, 1.54) is 0 Å². The van der Waals surface area contributed by atoms with Gasteiger partial charge in [0.05, 0.1) is 5.39 Å². The Hall–Kier alpha value is -2.31. The maximum Gasteiger partial charge on any atom is 0.451 e. The van der Waals surface area contributed by atoms with Crippen LogP contribution in [0.1, 0.15) is 11.5 Å². The molecule has 0 saturated carbocycles. The number of alkyl halides is 3. The topological polar surface area (TPSA) is 44.8 Å². The van der Waals surface area contributed by atoms with E-state index in [4.69, 9.17) is 0 Å². The van der Waals surface area contributed by atoms with Crippen LogP contribution in [-0.4, -0.2) is 28.0 Å². The number of aromatic nitrogens is 3. The Balaban J connectivity index is 2.68. The van der Waals surface area contributed by atoms with Gasteiger partial charge in [-0.3, -0.25) is 0 Å². The Labute approximate surface area is 120 Å². The second-order valence-electron chi connectivity index (χ2n) is 4.57. The normalized spacial score (nSPS) is 11.6. The average Bonchev–Trinajstić information content (AvgIpc) is 2.76. The number of anilines is 1. The number of nitrogens with one attached hydrogen (secondary N) is 1. The second kappa shape index (κ2) is 5.59. The number of halogens is 3. The molecule has 0 atom stereocenters. The van der Waals surface area contributed by atoms with Crippen LogP contribution in [-0.2, 0) is 6.18 Å². The molecular weight excluding hydrogens is 281 g/mol. The summed E-state index contributed by atoms with van der Waals surface area (Å²) < 4.78 is 38.8. The van der Waals surface area contributed by atoms with E-state index in [1.807, 2.05) is 0 Å². The molecule has 4 nitrogen and oxygen atoms in total. The van der Waals surface area contributed by atoms with Crippen LogP contribution in [0.15, 0.2) is 31.4 Å². The van der Waals surface area contributed by atoms with Gasteiger partial charge in [0.2, 0.25) is 5.82 Å². The number of H-pyrrole nitrogens is 1. The molecular formula is C14H15F3N4. The zero-order valence-corrected chi connectivity index (χ0v) is 11.5. The fraction of sp³-hybridized carbons (Fsp3) is 0.286. The maximum atomic E-state index is 12.9. The highest BCUT2D eigenvalue weighted by Gasteiger charge is 2.36. The molecule has 0 spiro atoms. The number of nitrogens with zero attached hydrogens (tertiary/aromatic N) is 3. The van der Waals surface area contributed by atoms with E-state index in [2.05, 4.69) is 28.1 Å². The fourth-order valence-corrected chi connectivity index (χ4v) is 2.05. The van der Waals surface area contributed by atoms with E-state index < -0.39 is 12.0 Å². The quantitative estimate of drug-likeness (QED) is 0.859. The summed E-state index contributed by atoms with van der Waals surface area (Å²) in [6.45, 7) is 9.71. The average molecular weight is 296 g/mol. The van der Waals surface area contributed by atoms with Crippen molar-refractivity contribution in [3.63, 3.8) is 0 Å². The van der Waals surface area contributed by atoms with Gasteiger partial charge in [-0.15, -0.1) is 13.2 Å². The number of fused-ring (bicyclic) bond motifs is 1. The molecule has 21 heavy (non-hydrogen) atoms. The van der Waals surface area contributed by atoms with Gasteiger partial charge >= 0.3 is 6.18 Å². The van der Waals surface area contributed by atoms with Gasteiger partial charge in [-0.25, -0.2) is 9.97 Å². The highest BCUT2D eigenvalue weighted by Crippen LogP contribution is 2.32. The van der Waals surface area contributed by atoms with Gasteiger partial charge in [-0.1, -0.05) is 12.2 Å². The van der Waals surface area contributed by atoms with Crippen molar-refractivity contribution in [3.05, 3.63) is 42.9 Å². The molecule has 2 rings (SSSR count). The van der Waals surface area contributed by atoms with Gasteiger partial charge in [0.15, 0.2) is 0 Å². The Kier molecular flexibility index (Phi) is 4.02. The predicted octanol–water partition coefficient (Wildman–Crippen LogP) is 3.46. The maximum absolute atomic E-state index is 12.9. The predicted molar refractivity (Wildman–Crippen MR) is 76.2 cm³/mol. The van der Waals surface area contributed by atoms with Crippen LogP contribution in [0.4, 0.5) is 19.0 Å². The Morgan fingerprint density at radius 1 is 1.24 bits per heavy atom. The van der Waals surface area contributed by atoms with Gasteiger partial charge in [0.25, 0.3) is 0 Å². The highest BCUT2D eigenvalue weighted by molar-refractivity contribution is 5.88. The first kappa shape index (κ1) is 15.1. The van der Waals surface area contributed by atoms with Gasteiger partial charge in [0, 0.05) is 18.8 Å². The minimum absolute atomic E-state index is 0.169. The molecule has 0 aliphatic carbocycles. The first-order valence-electron chi connectivity index (χ1n) is 6.28. The summed E-state index contributed by atoms with van der Waals surface area (Å²) in [6, 6.07) is 1.73. The van der Waals surface area contributed by atoms with Crippen LogP contribution in [0.3, 0.4) is 0 Å². The molecule has 0 saturated heterocycles. The lowest BCUT2D eigenvalue weighted by Gasteiger charge is -2.22. The molecule has 112 valence electrons. The van der Waals surface area contributed by atoms with Gasteiger partial charge in [-0.2, -0.15) is 13.2 Å². The number of hydrogen-bond acceptors (Lipinski definition) is 3. The van der Waals surface area contributed by atoms with Crippen LogP contribution < -0.4 is 4.90 Å². The van der Waals surface area contributed by atoms with E-state index in [0.29, 0.717) is 18.5 Å². The number of aryl methyl sites for hydroxylation is 1. The molecule has 0 unspecified atom stereocenters. The summed E-state index contributed by atoms with van der Waals surface area (Å²) in [5.74, 6) is -0.943. The minimum Gasteiger partial charge on any atom is -0.349 e. The van der Waals surface area contributed by atoms with Crippen molar-refractivity contribution in [2.75, 3.05) is 18.0 Å². The molecule has 7 heteroatoms. The summed E-state index contributed by atoms with van der Waals surface area (Å²) in [4.78, 5) is 11.7. The summed E-state index contributed by atoms with van der Waals surface area (Å²) in [7, 11) is 0. The molecule has 2 heterocycles. The third-order valence-corrected chi connectivity index (χ3v) is 2.85. The van der Waals surface area contributed by atoms with E-state index in [0.717, 1.165) is 5.69 Å². The number of hydrogen-bond donors (Lipinski definition) is 1. The van der Waals surface area contributed by atoms with Crippen molar-refractivity contribution in [1.82, 2.24) is 15.0 Å². The van der Waals surface area contributed by atoms with Gasteiger partial charge in [0.1, 0.15) is 11.5 Å². The SMILES string of the molecule is C=CCN(CC=C)c1nc(C(F)(F)F)nc2[nH]c(C)cc12. The van der Waals surface area contributed by atoms with Crippen LogP contribution in [0, 0.1) is 6.92 Å². The summed E-state index contributed by atoms with van der Waals surface area (Å²) in [5.41, 5.74) is 0.889. The third kappa shape index (κ3) is 3.07. The monoisotopic (exact) mass is 296 g/mol. The van der Waals surface area contributed by atoms with Crippen molar-refractivity contribution in [3.8, 4) is 0 Å². The van der Waals surface area contributed by atoms with Crippen molar-refractivity contribution in [2.45, 2.75) is 13.1 Å². The molecule has 2 aromatic rings. The zero-order valence-electron chi connectivity index (χ0n) is 11.5. The summed E-state index contributed by atoms with van der Waals surface area (Å²) in [6.07, 6.45) is -1.40. The molecule has 2 aromatic heterocycles. The lowest BCUT2D eigenvalue weighted by atomic mass is 10.3. The molecule has 0 bridgehead atoms. The van der Waals surface area contributed by atoms with E-state index in [1.54, 1.807) is 30.0 Å². The minimum atomic E-state index is -4.60. The summed E-state index contributed by atoms with van der Waals surface area (Å²) in [5, 5.41) is 0.546. The van der Waals surface area contributed by atoms with E-state index >= 15 is 0 Å². The fourth-order valence-electron chi connectivity index (χ4n) is 2.05. The van der Waals surface area contributed by atoms with Crippen molar-refractivity contribution < 1.29 is 13.2 Å². The lowest BCUT2D eigenvalue weighted by Crippen LogP contribution is -2.26. The van der Waals surface area contributed by atoms with Crippen molar-refractivity contribution >= 4 is 16.9 Å².